The fourth-order valence-corrected chi connectivity index (χ4v) is 6.25. The Kier molecular flexibility index (Phi) is 7.15. The molecule has 4 rings (SSSR count). The lowest BCUT2D eigenvalue weighted by atomic mass is 10.1. The van der Waals surface area contributed by atoms with Gasteiger partial charge in [-0.05, 0) is 49.6 Å². The van der Waals surface area contributed by atoms with Gasteiger partial charge in [0.15, 0.2) is 6.61 Å². The Morgan fingerprint density at radius 2 is 1.97 bits per heavy atom. The molecule has 0 saturated carbocycles. The maximum Gasteiger partial charge on any atom is 0.324 e. The molecule has 3 aromatic rings. The van der Waals surface area contributed by atoms with E-state index in [4.69, 9.17) is 27.9 Å². The van der Waals surface area contributed by atoms with Crippen LogP contribution in [0.15, 0.2) is 41.3 Å². The zero-order valence-electron chi connectivity index (χ0n) is 17.0. The number of hydrogen-bond acceptors (Lipinski definition) is 8. The van der Waals surface area contributed by atoms with Crippen LogP contribution in [0.3, 0.4) is 0 Å². The van der Waals surface area contributed by atoms with Crippen LogP contribution < -0.4 is 5.32 Å². The molecule has 1 fully saturated rings. The number of carbonyl (C=O) groups is 2. The molecule has 1 amide bonds. The van der Waals surface area contributed by atoms with Crippen LogP contribution in [0, 0.1) is 0 Å². The van der Waals surface area contributed by atoms with Gasteiger partial charge in [0, 0.05) is 12.2 Å². The number of anilines is 1. The molecule has 13 heteroatoms. The van der Waals surface area contributed by atoms with Gasteiger partial charge in [0.2, 0.25) is 10.0 Å². The van der Waals surface area contributed by atoms with Gasteiger partial charge in [-0.1, -0.05) is 29.3 Å². The third kappa shape index (κ3) is 5.12. The quantitative estimate of drug-likeness (QED) is 0.484. The molecule has 1 atom stereocenters. The molecule has 174 valence electrons. The Morgan fingerprint density at radius 3 is 2.76 bits per heavy atom. The number of amides is 1. The summed E-state index contributed by atoms with van der Waals surface area (Å²) in [5, 5.41) is 3.15. The molecule has 0 bridgehead atoms. The lowest BCUT2D eigenvalue weighted by Gasteiger charge is -2.32. The number of sulfonamides is 1. The highest BCUT2D eigenvalue weighted by Crippen LogP contribution is 2.30. The minimum atomic E-state index is -4.04. The molecule has 1 aliphatic rings. The van der Waals surface area contributed by atoms with Crippen molar-refractivity contribution in [2.45, 2.75) is 30.2 Å². The van der Waals surface area contributed by atoms with E-state index < -0.39 is 34.5 Å². The predicted octanol–water partition coefficient (Wildman–Crippen LogP) is 3.72. The maximum atomic E-state index is 13.4. The van der Waals surface area contributed by atoms with Crippen molar-refractivity contribution in [2.75, 3.05) is 18.5 Å². The average molecular weight is 529 g/mol. The number of esters is 1. The molecular formula is C20H18Cl2N4O5S2. The van der Waals surface area contributed by atoms with E-state index in [-0.39, 0.29) is 28.4 Å². The molecule has 0 aliphatic carbocycles. The minimum Gasteiger partial charge on any atom is -0.454 e. The standard InChI is InChI=1S/C20H18Cl2N4O5S2/c21-13-8-7-12(10-14(13)22)23-18(27)11-31-20(28)16-5-1-2-9-26(16)33(29,30)17-6-3-4-15-19(17)25-32-24-15/h3-4,6-8,10,16H,1-2,5,9,11H2,(H,23,27). The van der Waals surface area contributed by atoms with Crippen LogP contribution in [0.4, 0.5) is 5.69 Å². The van der Waals surface area contributed by atoms with Gasteiger partial charge in [0.05, 0.1) is 21.8 Å². The summed E-state index contributed by atoms with van der Waals surface area (Å²) in [5.41, 5.74) is 1.12. The van der Waals surface area contributed by atoms with E-state index in [2.05, 4.69) is 14.1 Å². The van der Waals surface area contributed by atoms with Crippen molar-refractivity contribution in [3.05, 3.63) is 46.4 Å². The Hall–Kier alpha value is -2.31. The van der Waals surface area contributed by atoms with Crippen molar-refractivity contribution in [1.82, 2.24) is 13.1 Å². The molecule has 2 aromatic carbocycles. The largest absolute Gasteiger partial charge is 0.454 e. The third-order valence-corrected chi connectivity index (χ3v) is 8.33. The zero-order chi connectivity index (χ0) is 23.6. The van der Waals surface area contributed by atoms with Gasteiger partial charge in [-0.3, -0.25) is 9.59 Å². The van der Waals surface area contributed by atoms with Crippen molar-refractivity contribution < 1.29 is 22.7 Å². The molecule has 0 spiro atoms. The summed E-state index contributed by atoms with van der Waals surface area (Å²) in [4.78, 5) is 25.0. The van der Waals surface area contributed by atoms with Crippen molar-refractivity contribution in [2.24, 2.45) is 0 Å². The van der Waals surface area contributed by atoms with Crippen LogP contribution in [-0.2, 0) is 24.3 Å². The summed E-state index contributed by atoms with van der Waals surface area (Å²) in [5.74, 6) is -1.38. The fraction of sp³-hybridized carbons (Fsp3) is 0.300. The molecule has 0 radical (unpaired) electrons. The van der Waals surface area contributed by atoms with Gasteiger partial charge >= 0.3 is 5.97 Å². The van der Waals surface area contributed by atoms with Crippen molar-refractivity contribution in [3.63, 3.8) is 0 Å². The number of nitrogens with one attached hydrogen (secondary N) is 1. The number of carbonyl (C=O) groups excluding carboxylic acids is 2. The number of hydrogen-bond donors (Lipinski definition) is 1. The molecule has 1 aliphatic heterocycles. The number of nitrogens with zero attached hydrogens (tertiary/aromatic N) is 3. The van der Waals surface area contributed by atoms with Gasteiger partial charge in [-0.2, -0.15) is 13.1 Å². The number of benzene rings is 2. The summed E-state index contributed by atoms with van der Waals surface area (Å²) in [6.45, 7) is -0.416. The first-order chi connectivity index (χ1) is 15.8. The topological polar surface area (TPSA) is 119 Å². The van der Waals surface area contributed by atoms with E-state index in [0.29, 0.717) is 29.1 Å². The second-order valence-corrected chi connectivity index (χ2v) is 10.5. The first-order valence-electron chi connectivity index (χ1n) is 9.92. The van der Waals surface area contributed by atoms with E-state index in [1.807, 2.05) is 0 Å². The number of piperidine rings is 1. The highest BCUT2D eigenvalue weighted by atomic mass is 35.5. The summed E-state index contributed by atoms with van der Waals surface area (Å²) in [6, 6.07) is 8.20. The Morgan fingerprint density at radius 1 is 1.15 bits per heavy atom. The summed E-state index contributed by atoms with van der Waals surface area (Å²) in [6.07, 6.45) is 1.55. The molecule has 1 unspecified atom stereocenters. The molecular weight excluding hydrogens is 511 g/mol. The van der Waals surface area contributed by atoms with Gasteiger partial charge in [-0.25, -0.2) is 8.42 Å². The lowest BCUT2D eigenvalue weighted by molar-refractivity contribution is -0.152. The van der Waals surface area contributed by atoms with Crippen LogP contribution in [0.5, 0.6) is 0 Å². The van der Waals surface area contributed by atoms with E-state index in [1.54, 1.807) is 18.2 Å². The Bertz CT molecular complexity index is 1310. The van der Waals surface area contributed by atoms with Gasteiger partial charge in [0.25, 0.3) is 5.91 Å². The molecule has 1 saturated heterocycles. The number of rotatable bonds is 6. The summed E-state index contributed by atoms with van der Waals surface area (Å²) < 4.78 is 41.3. The summed E-state index contributed by atoms with van der Waals surface area (Å²) >= 11 is 12.7. The van der Waals surface area contributed by atoms with Gasteiger partial charge in [-0.15, -0.1) is 0 Å². The minimum absolute atomic E-state index is 0.00851. The Labute approximate surface area is 204 Å². The predicted molar refractivity (Wildman–Crippen MR) is 125 cm³/mol. The highest BCUT2D eigenvalue weighted by molar-refractivity contribution is 7.89. The smallest absolute Gasteiger partial charge is 0.324 e. The second kappa shape index (κ2) is 9.90. The molecule has 1 aromatic heterocycles. The molecule has 1 N–H and O–H groups in total. The van der Waals surface area contributed by atoms with Crippen LogP contribution in [0.2, 0.25) is 10.0 Å². The normalized spacial score (nSPS) is 17.1. The first-order valence-corrected chi connectivity index (χ1v) is 12.8. The van der Waals surface area contributed by atoms with E-state index in [0.717, 1.165) is 16.0 Å². The van der Waals surface area contributed by atoms with Gasteiger partial charge < -0.3 is 10.1 Å². The third-order valence-electron chi connectivity index (χ3n) is 5.11. The maximum absolute atomic E-state index is 13.4. The van der Waals surface area contributed by atoms with Crippen LogP contribution in [-0.4, -0.2) is 52.5 Å². The van der Waals surface area contributed by atoms with Crippen LogP contribution in [0.1, 0.15) is 19.3 Å². The molecule has 33 heavy (non-hydrogen) atoms. The highest BCUT2D eigenvalue weighted by Gasteiger charge is 2.39. The van der Waals surface area contributed by atoms with Crippen LogP contribution >= 0.6 is 34.9 Å². The first kappa shape index (κ1) is 23.8. The van der Waals surface area contributed by atoms with Crippen molar-refractivity contribution in [1.29, 1.82) is 0 Å². The van der Waals surface area contributed by atoms with Crippen LogP contribution in [0.25, 0.3) is 11.0 Å². The number of halogens is 2. The lowest BCUT2D eigenvalue weighted by Crippen LogP contribution is -2.48. The second-order valence-electron chi connectivity index (χ2n) is 7.30. The molecule has 9 nitrogen and oxygen atoms in total. The zero-order valence-corrected chi connectivity index (χ0v) is 20.2. The SMILES string of the molecule is O=C(COC(=O)C1CCCCN1S(=O)(=O)c1cccc2nsnc12)Nc1ccc(Cl)c(Cl)c1. The van der Waals surface area contributed by atoms with E-state index in [1.165, 1.54) is 18.2 Å². The van der Waals surface area contributed by atoms with E-state index in [9.17, 15) is 18.0 Å². The summed E-state index contributed by atoms with van der Waals surface area (Å²) in [7, 11) is -4.04. The monoisotopic (exact) mass is 528 g/mol. The van der Waals surface area contributed by atoms with Crippen molar-refractivity contribution >= 4 is 73.6 Å². The number of ether oxygens (including phenoxy) is 1. The Balaban J connectivity index is 1.46. The average Bonchev–Trinajstić information content (AvgIpc) is 3.29. The van der Waals surface area contributed by atoms with Gasteiger partial charge in [0.1, 0.15) is 22.0 Å². The number of fused-ring (bicyclic) bond motifs is 1. The van der Waals surface area contributed by atoms with E-state index >= 15 is 0 Å². The van der Waals surface area contributed by atoms with Crippen molar-refractivity contribution in [3.8, 4) is 0 Å². The number of aromatic nitrogens is 2. The molecule has 2 heterocycles. The fourth-order valence-electron chi connectivity index (χ4n) is 3.55.